The van der Waals surface area contributed by atoms with Crippen molar-refractivity contribution in [3.05, 3.63) is 84.0 Å². The van der Waals surface area contributed by atoms with Crippen LogP contribution in [0.5, 0.6) is 0 Å². The number of nitriles is 1. The molecule has 2 aromatic rings. The molecule has 0 atom stereocenters. The molecular formula is C25H25N5O. The highest BCUT2D eigenvalue weighted by Gasteiger charge is 2.18. The molecule has 2 aliphatic rings. The molecule has 1 aliphatic heterocycles. The van der Waals surface area contributed by atoms with E-state index in [1.54, 1.807) is 19.3 Å². The summed E-state index contributed by atoms with van der Waals surface area (Å²) in [6.07, 6.45) is 15.2. The number of nitrogens with one attached hydrogen (secondary N) is 3. The van der Waals surface area contributed by atoms with E-state index in [1.165, 1.54) is 12.0 Å². The summed E-state index contributed by atoms with van der Waals surface area (Å²) in [6, 6.07) is 11.7. The molecule has 1 saturated carbocycles. The predicted octanol–water partition coefficient (Wildman–Crippen LogP) is 3.73. The molecular weight excluding hydrogens is 386 g/mol. The van der Waals surface area contributed by atoms with Crippen molar-refractivity contribution in [2.45, 2.75) is 19.3 Å². The second kappa shape index (κ2) is 9.23. The molecule has 2 heterocycles. The van der Waals surface area contributed by atoms with Crippen LogP contribution in [0.1, 0.15) is 30.4 Å². The Morgan fingerprint density at radius 3 is 2.84 bits per heavy atom. The maximum Gasteiger partial charge on any atom is 0.253 e. The number of hydrogen-bond donors (Lipinski definition) is 3. The van der Waals surface area contributed by atoms with Gasteiger partial charge in [0.05, 0.1) is 28.6 Å². The molecule has 0 bridgehead atoms. The Morgan fingerprint density at radius 1 is 1.29 bits per heavy atom. The maximum atomic E-state index is 12.7. The molecule has 1 aromatic carbocycles. The van der Waals surface area contributed by atoms with Crippen LogP contribution in [0.2, 0.25) is 0 Å². The lowest BCUT2D eigenvalue weighted by Gasteiger charge is -2.15. The van der Waals surface area contributed by atoms with Gasteiger partial charge in [-0.1, -0.05) is 23.8 Å². The maximum absolute atomic E-state index is 12.7. The van der Waals surface area contributed by atoms with Crippen LogP contribution >= 0.6 is 0 Å². The van der Waals surface area contributed by atoms with Crippen LogP contribution in [0.4, 0.5) is 0 Å². The van der Waals surface area contributed by atoms with E-state index in [2.05, 4.69) is 22.0 Å². The molecule has 6 nitrogen and oxygen atoms in total. The number of rotatable bonds is 6. The van der Waals surface area contributed by atoms with E-state index < -0.39 is 0 Å². The molecule has 1 aliphatic carbocycles. The van der Waals surface area contributed by atoms with Crippen LogP contribution in [-0.4, -0.2) is 24.1 Å². The number of carbonyl (C=O) groups is 1. The fourth-order valence-electron chi connectivity index (χ4n) is 3.59. The number of amides is 1. The lowest BCUT2D eigenvalue weighted by atomic mass is 9.94. The summed E-state index contributed by atoms with van der Waals surface area (Å²) in [5.74, 6) is -0.166. The molecule has 0 saturated heterocycles. The first-order valence-electron chi connectivity index (χ1n) is 10.4. The summed E-state index contributed by atoms with van der Waals surface area (Å²) >= 11 is 0. The number of allylic oxidation sites excluding steroid dienone is 3. The van der Waals surface area contributed by atoms with E-state index in [0.717, 1.165) is 41.9 Å². The van der Waals surface area contributed by atoms with Crippen LogP contribution in [0, 0.1) is 11.3 Å². The Hall–Kier alpha value is -3.98. The number of carbonyl (C=O) groups excluding carboxylic acids is 1. The molecule has 1 amide bonds. The first kappa shape index (κ1) is 20.3. The summed E-state index contributed by atoms with van der Waals surface area (Å²) in [4.78, 5) is 12.7. The fraction of sp³-hybridized carbons (Fsp3) is 0.200. The largest absolute Gasteiger partial charge is 0.386 e. The number of likely N-dealkylation sites (N-methyl/N-ethyl adjacent to an activating group) is 1. The van der Waals surface area contributed by atoms with Gasteiger partial charge in [0, 0.05) is 37.8 Å². The minimum absolute atomic E-state index is 0.166. The Balaban J connectivity index is 1.79. The van der Waals surface area contributed by atoms with Gasteiger partial charge in [-0.25, -0.2) is 0 Å². The Bertz CT molecular complexity index is 1150. The van der Waals surface area contributed by atoms with E-state index >= 15 is 0 Å². The summed E-state index contributed by atoms with van der Waals surface area (Å²) < 4.78 is 2.04. The number of nitrogens with zero attached hydrogens (tertiary/aromatic N) is 2. The van der Waals surface area contributed by atoms with E-state index in [1.807, 2.05) is 59.6 Å². The van der Waals surface area contributed by atoms with E-state index in [0.29, 0.717) is 11.1 Å². The van der Waals surface area contributed by atoms with Crippen LogP contribution in [-0.2, 0) is 4.79 Å². The highest BCUT2D eigenvalue weighted by atomic mass is 16.1. The standard InChI is InChI=1S/C25H25N5O/c1-27-25(31)23(16-29-14-18-5-2-6-18)21-12-24(20-8-3-7-19(11-20)13-26)30(17-21)22-9-4-10-28-15-22/h3-4,7-9,11-12,14-17,28-29H,2,5-6,10H2,1H3,(H,27,31)/b23-16-. The molecule has 6 heteroatoms. The molecule has 31 heavy (non-hydrogen) atoms. The Labute approximate surface area is 182 Å². The van der Waals surface area contributed by atoms with Crippen LogP contribution < -0.4 is 16.0 Å². The van der Waals surface area contributed by atoms with Crippen molar-refractivity contribution in [2.75, 3.05) is 13.6 Å². The smallest absolute Gasteiger partial charge is 0.253 e. The summed E-state index contributed by atoms with van der Waals surface area (Å²) in [7, 11) is 1.63. The summed E-state index contributed by atoms with van der Waals surface area (Å²) in [5, 5.41) is 18.5. The third-order valence-electron chi connectivity index (χ3n) is 5.45. The van der Waals surface area contributed by atoms with Crippen molar-refractivity contribution >= 4 is 17.2 Å². The van der Waals surface area contributed by atoms with Crippen LogP contribution in [0.25, 0.3) is 22.5 Å². The van der Waals surface area contributed by atoms with E-state index in [4.69, 9.17) is 0 Å². The van der Waals surface area contributed by atoms with Gasteiger partial charge < -0.3 is 20.5 Å². The minimum atomic E-state index is -0.166. The minimum Gasteiger partial charge on any atom is -0.386 e. The number of benzene rings is 1. The Morgan fingerprint density at radius 2 is 2.16 bits per heavy atom. The van der Waals surface area contributed by atoms with Gasteiger partial charge >= 0.3 is 0 Å². The van der Waals surface area contributed by atoms with Crippen molar-refractivity contribution in [3.8, 4) is 17.3 Å². The highest BCUT2D eigenvalue weighted by Crippen LogP contribution is 2.30. The van der Waals surface area contributed by atoms with E-state index in [-0.39, 0.29) is 5.91 Å². The molecule has 0 unspecified atom stereocenters. The predicted molar refractivity (Wildman–Crippen MR) is 123 cm³/mol. The van der Waals surface area contributed by atoms with Gasteiger partial charge in [-0.2, -0.15) is 5.26 Å². The van der Waals surface area contributed by atoms with E-state index in [9.17, 15) is 10.1 Å². The van der Waals surface area contributed by atoms with Crippen molar-refractivity contribution < 1.29 is 4.79 Å². The zero-order valence-electron chi connectivity index (χ0n) is 17.5. The first-order chi connectivity index (χ1) is 15.2. The second-order valence-corrected chi connectivity index (χ2v) is 7.52. The van der Waals surface area contributed by atoms with Gasteiger partial charge in [0.2, 0.25) is 0 Å². The van der Waals surface area contributed by atoms with Crippen LogP contribution in [0.3, 0.4) is 0 Å². The molecule has 1 fully saturated rings. The number of aromatic nitrogens is 1. The van der Waals surface area contributed by atoms with Gasteiger partial charge in [0.25, 0.3) is 5.91 Å². The van der Waals surface area contributed by atoms with Crippen molar-refractivity contribution in [1.29, 1.82) is 5.26 Å². The normalized spacial score (nSPS) is 15.3. The van der Waals surface area contributed by atoms with Gasteiger partial charge in [-0.3, -0.25) is 4.79 Å². The zero-order valence-corrected chi connectivity index (χ0v) is 17.5. The lowest BCUT2D eigenvalue weighted by Crippen LogP contribution is -2.20. The SMILES string of the molecule is CNC(=O)/C(=C\NC=C1CCC1)c1cc(-c2cccc(C#N)c2)n(C2=CNCC=C2)c1. The summed E-state index contributed by atoms with van der Waals surface area (Å²) in [6.45, 7) is 0.777. The van der Waals surface area contributed by atoms with Crippen molar-refractivity contribution in [2.24, 2.45) is 0 Å². The summed E-state index contributed by atoms with van der Waals surface area (Å²) in [5.41, 5.74) is 6.05. The third-order valence-corrected chi connectivity index (χ3v) is 5.45. The topological polar surface area (TPSA) is 81.9 Å². The zero-order chi connectivity index (χ0) is 21.6. The third kappa shape index (κ3) is 4.46. The van der Waals surface area contributed by atoms with Gasteiger partial charge in [-0.15, -0.1) is 0 Å². The van der Waals surface area contributed by atoms with Crippen LogP contribution in [0.15, 0.2) is 72.9 Å². The highest BCUT2D eigenvalue weighted by molar-refractivity contribution is 6.19. The number of hydrogen-bond acceptors (Lipinski definition) is 4. The average molecular weight is 412 g/mol. The molecule has 0 spiro atoms. The molecule has 4 rings (SSSR count). The molecule has 1 aromatic heterocycles. The quantitative estimate of drug-likeness (QED) is 0.633. The Kier molecular flexibility index (Phi) is 6.04. The molecule has 3 N–H and O–H groups in total. The fourth-order valence-corrected chi connectivity index (χ4v) is 3.59. The van der Waals surface area contributed by atoms with Gasteiger partial charge in [0.1, 0.15) is 0 Å². The number of dihydropyridines is 1. The van der Waals surface area contributed by atoms with Crippen molar-refractivity contribution in [3.63, 3.8) is 0 Å². The van der Waals surface area contributed by atoms with Gasteiger partial charge in [0.15, 0.2) is 0 Å². The first-order valence-corrected chi connectivity index (χ1v) is 10.4. The second-order valence-electron chi connectivity index (χ2n) is 7.52. The van der Waals surface area contributed by atoms with Gasteiger partial charge in [-0.05, 0) is 55.3 Å². The molecule has 156 valence electrons. The average Bonchev–Trinajstić information content (AvgIpc) is 3.23. The lowest BCUT2D eigenvalue weighted by molar-refractivity contribution is -0.115. The monoisotopic (exact) mass is 411 g/mol. The van der Waals surface area contributed by atoms with Crippen molar-refractivity contribution in [1.82, 2.24) is 20.5 Å². The molecule has 0 radical (unpaired) electrons.